The molecule has 3 atom stereocenters. The van der Waals surface area contributed by atoms with Gasteiger partial charge in [0, 0.05) is 0 Å². The van der Waals surface area contributed by atoms with Crippen molar-refractivity contribution in [2.45, 2.75) is 106 Å². The molecule has 0 aliphatic heterocycles. The van der Waals surface area contributed by atoms with Crippen molar-refractivity contribution in [2.24, 2.45) is 17.3 Å². The highest BCUT2D eigenvalue weighted by Crippen LogP contribution is 2.57. The second-order valence-electron chi connectivity index (χ2n) is 9.67. The van der Waals surface area contributed by atoms with Gasteiger partial charge in [0.05, 0.1) is 0 Å². The van der Waals surface area contributed by atoms with Crippen molar-refractivity contribution in [3.05, 3.63) is 34.4 Å². The zero-order valence-corrected chi connectivity index (χ0v) is 17.9. The molecule has 0 nitrogen and oxygen atoms in total. The second kappa shape index (κ2) is 9.24. The highest BCUT2D eigenvalue weighted by molar-refractivity contribution is 5.29. The molecule has 0 bridgehead atoms. The lowest BCUT2D eigenvalue weighted by atomic mass is 9.53. The van der Waals surface area contributed by atoms with Crippen molar-refractivity contribution in [3.63, 3.8) is 0 Å². The average Bonchev–Trinajstić information content (AvgIpc) is 2.57. The van der Waals surface area contributed by atoms with Crippen LogP contribution in [0.2, 0.25) is 0 Å². The number of allylic oxidation sites excluding steroid dienone is 6. The van der Waals surface area contributed by atoms with E-state index in [0.717, 1.165) is 11.8 Å². The van der Waals surface area contributed by atoms with E-state index >= 15 is 0 Å². The van der Waals surface area contributed by atoms with E-state index in [1.807, 2.05) is 5.57 Å². The van der Waals surface area contributed by atoms with E-state index < -0.39 is 0 Å². The van der Waals surface area contributed by atoms with Crippen LogP contribution in [0.1, 0.15) is 106 Å². The minimum Gasteiger partial charge on any atom is -0.0856 e. The first-order valence-electron chi connectivity index (χ1n) is 10.8. The van der Waals surface area contributed by atoms with Gasteiger partial charge in [-0.25, -0.2) is 0 Å². The van der Waals surface area contributed by atoms with Crippen molar-refractivity contribution in [3.8, 4) is 0 Å². The predicted octanol–water partition coefficient (Wildman–Crippen LogP) is 8.40. The fraction of sp³-hybridized carbons (Fsp3) is 0.760. The molecule has 0 heterocycles. The molecule has 0 radical (unpaired) electrons. The lowest BCUT2D eigenvalue weighted by Crippen LogP contribution is -2.40. The molecule has 0 heteroatoms. The Kier molecular flexibility index (Phi) is 7.59. The molecule has 2 rings (SSSR count). The van der Waals surface area contributed by atoms with Crippen LogP contribution in [0.5, 0.6) is 0 Å². The van der Waals surface area contributed by atoms with Gasteiger partial charge >= 0.3 is 0 Å². The van der Waals surface area contributed by atoms with E-state index in [2.05, 4.69) is 53.7 Å². The Labute approximate surface area is 157 Å². The smallest absolute Gasteiger partial charge is 0.0143 e. The van der Waals surface area contributed by atoms with Gasteiger partial charge in [0.15, 0.2) is 0 Å². The van der Waals surface area contributed by atoms with Crippen LogP contribution in [0, 0.1) is 17.3 Å². The Morgan fingerprint density at radius 2 is 1.84 bits per heavy atom. The number of fused-ring (bicyclic) bond motifs is 1. The first-order chi connectivity index (χ1) is 11.8. The Morgan fingerprint density at radius 1 is 1.08 bits per heavy atom. The largest absolute Gasteiger partial charge is 0.0856 e. The fourth-order valence-electron chi connectivity index (χ4n) is 5.02. The normalized spacial score (nSPS) is 33.6. The highest BCUT2D eigenvalue weighted by Gasteiger charge is 2.46. The van der Waals surface area contributed by atoms with Crippen LogP contribution < -0.4 is 0 Å². The summed E-state index contributed by atoms with van der Waals surface area (Å²) < 4.78 is 0. The molecule has 0 aromatic rings. The van der Waals surface area contributed by atoms with E-state index in [1.54, 1.807) is 11.1 Å². The van der Waals surface area contributed by atoms with Crippen LogP contribution in [0.15, 0.2) is 34.4 Å². The van der Waals surface area contributed by atoms with Crippen molar-refractivity contribution in [1.82, 2.24) is 0 Å². The van der Waals surface area contributed by atoms with Crippen LogP contribution in [0.3, 0.4) is 0 Å². The number of hydrogen-bond donors (Lipinski definition) is 0. The van der Waals surface area contributed by atoms with Gasteiger partial charge in [-0.05, 0) is 96.3 Å². The summed E-state index contributed by atoms with van der Waals surface area (Å²) in [6.07, 6.45) is 18.4. The highest BCUT2D eigenvalue weighted by atomic mass is 14.5. The van der Waals surface area contributed by atoms with Gasteiger partial charge in [-0.3, -0.25) is 0 Å². The standard InChI is InChI=1S/C25H42/c1-19(2)10-7-11-20(3)13-9-17-25(6)18-23-22(5)14-8-12-21(4)15-16-24(23)25/h10,13,21,24H,7-9,11-12,14-18H2,1-6H3/b20-13+,23-22-/t21-,24-,25-/m1/s1. The summed E-state index contributed by atoms with van der Waals surface area (Å²) in [7, 11) is 0. The zero-order chi connectivity index (χ0) is 18.4. The van der Waals surface area contributed by atoms with Crippen LogP contribution in [-0.2, 0) is 0 Å². The van der Waals surface area contributed by atoms with Crippen LogP contribution in [-0.4, -0.2) is 0 Å². The summed E-state index contributed by atoms with van der Waals surface area (Å²) in [6.45, 7) is 14.2. The SMILES string of the molecule is CC(C)=CCC/C(C)=C/CC[C@]1(C)C/C2=C(\C)CCC[C@@H](C)CC[C@H]21. The molecule has 0 aromatic carbocycles. The topological polar surface area (TPSA) is 0 Å². The van der Waals surface area contributed by atoms with Gasteiger partial charge in [0.2, 0.25) is 0 Å². The number of hydrogen-bond acceptors (Lipinski definition) is 0. The van der Waals surface area contributed by atoms with Gasteiger partial charge in [-0.1, -0.05) is 61.1 Å². The van der Waals surface area contributed by atoms with Crippen LogP contribution in [0.4, 0.5) is 0 Å². The van der Waals surface area contributed by atoms with E-state index in [9.17, 15) is 0 Å². The summed E-state index contributed by atoms with van der Waals surface area (Å²) in [4.78, 5) is 0. The summed E-state index contributed by atoms with van der Waals surface area (Å²) in [5.74, 6) is 1.81. The first kappa shape index (κ1) is 20.5. The molecule has 0 amide bonds. The summed E-state index contributed by atoms with van der Waals surface area (Å²) in [5, 5.41) is 0. The fourth-order valence-corrected chi connectivity index (χ4v) is 5.02. The minimum absolute atomic E-state index is 0.567. The van der Waals surface area contributed by atoms with Gasteiger partial charge in [-0.2, -0.15) is 0 Å². The molecule has 0 spiro atoms. The van der Waals surface area contributed by atoms with E-state index in [4.69, 9.17) is 0 Å². The molecule has 142 valence electrons. The maximum Gasteiger partial charge on any atom is -0.0143 e. The quantitative estimate of drug-likeness (QED) is 0.425. The maximum atomic E-state index is 2.57. The Morgan fingerprint density at radius 3 is 2.56 bits per heavy atom. The van der Waals surface area contributed by atoms with Crippen LogP contribution >= 0.6 is 0 Å². The van der Waals surface area contributed by atoms with Crippen molar-refractivity contribution >= 4 is 0 Å². The predicted molar refractivity (Wildman–Crippen MR) is 113 cm³/mol. The van der Waals surface area contributed by atoms with Crippen molar-refractivity contribution < 1.29 is 0 Å². The van der Waals surface area contributed by atoms with E-state index in [1.165, 1.54) is 69.8 Å². The van der Waals surface area contributed by atoms with E-state index in [0.29, 0.717) is 5.41 Å². The molecule has 0 saturated heterocycles. The molecular weight excluding hydrogens is 300 g/mol. The monoisotopic (exact) mass is 342 g/mol. The van der Waals surface area contributed by atoms with Crippen molar-refractivity contribution in [1.29, 1.82) is 0 Å². The molecule has 2 aliphatic rings. The second-order valence-corrected chi connectivity index (χ2v) is 9.67. The van der Waals surface area contributed by atoms with Gasteiger partial charge in [-0.15, -0.1) is 0 Å². The van der Waals surface area contributed by atoms with Gasteiger partial charge < -0.3 is 0 Å². The Balaban J connectivity index is 1.90. The third kappa shape index (κ3) is 5.87. The average molecular weight is 343 g/mol. The summed E-state index contributed by atoms with van der Waals surface area (Å²) in [6, 6.07) is 0. The molecule has 1 saturated carbocycles. The Bertz CT molecular complexity index is 526. The van der Waals surface area contributed by atoms with E-state index in [-0.39, 0.29) is 0 Å². The molecule has 0 N–H and O–H groups in total. The van der Waals surface area contributed by atoms with Gasteiger partial charge in [0.1, 0.15) is 0 Å². The first-order valence-corrected chi connectivity index (χ1v) is 10.8. The molecule has 0 aromatic heterocycles. The maximum absolute atomic E-state index is 2.57. The van der Waals surface area contributed by atoms with Crippen LogP contribution in [0.25, 0.3) is 0 Å². The minimum atomic E-state index is 0.567. The third-order valence-electron chi connectivity index (χ3n) is 6.90. The molecule has 2 aliphatic carbocycles. The lowest BCUT2D eigenvalue weighted by Gasteiger charge is -2.51. The lowest BCUT2D eigenvalue weighted by molar-refractivity contribution is 0.100. The summed E-state index contributed by atoms with van der Waals surface area (Å²) in [5.41, 5.74) is 7.18. The molecular formula is C25H42. The number of rotatable bonds is 6. The third-order valence-corrected chi connectivity index (χ3v) is 6.90. The van der Waals surface area contributed by atoms with Crippen molar-refractivity contribution in [2.75, 3.05) is 0 Å². The molecule has 0 unspecified atom stereocenters. The Hall–Kier alpha value is -0.780. The van der Waals surface area contributed by atoms with Gasteiger partial charge in [0.25, 0.3) is 0 Å². The molecule has 25 heavy (non-hydrogen) atoms. The molecule has 1 fully saturated rings. The zero-order valence-electron chi connectivity index (χ0n) is 17.9. The summed E-state index contributed by atoms with van der Waals surface area (Å²) >= 11 is 0.